The Balaban J connectivity index is 1.94. The zero-order chi connectivity index (χ0) is 15.5. The van der Waals surface area contributed by atoms with E-state index in [2.05, 4.69) is 29.6 Å². The Labute approximate surface area is 127 Å². The van der Waals surface area contributed by atoms with E-state index in [-0.39, 0.29) is 6.09 Å². The Morgan fingerprint density at radius 3 is 2.57 bits per heavy atom. The van der Waals surface area contributed by atoms with Gasteiger partial charge in [0.05, 0.1) is 0 Å². The van der Waals surface area contributed by atoms with Crippen molar-refractivity contribution in [1.29, 1.82) is 0 Å². The summed E-state index contributed by atoms with van der Waals surface area (Å²) < 4.78 is 5.44. The molecule has 1 aliphatic heterocycles. The van der Waals surface area contributed by atoms with E-state index in [4.69, 9.17) is 4.74 Å². The van der Waals surface area contributed by atoms with Crippen LogP contribution in [0, 0.1) is 0 Å². The van der Waals surface area contributed by atoms with Gasteiger partial charge >= 0.3 is 6.09 Å². The average Bonchev–Trinajstić information content (AvgIpc) is 2.88. The van der Waals surface area contributed by atoms with E-state index < -0.39 is 5.60 Å². The first-order chi connectivity index (χ1) is 9.89. The summed E-state index contributed by atoms with van der Waals surface area (Å²) in [6, 6.07) is 8.66. The maximum atomic E-state index is 12.1. The van der Waals surface area contributed by atoms with Gasteiger partial charge in [0.25, 0.3) is 0 Å². The molecule has 1 heterocycles. The topological polar surface area (TPSA) is 41.6 Å². The van der Waals surface area contributed by atoms with Crippen molar-refractivity contribution in [2.45, 2.75) is 45.3 Å². The predicted molar refractivity (Wildman–Crippen MR) is 84.4 cm³/mol. The number of hydrogen-bond donors (Lipinski definition) is 1. The highest BCUT2D eigenvalue weighted by atomic mass is 16.6. The minimum Gasteiger partial charge on any atom is -0.444 e. The molecule has 0 radical (unpaired) electrons. The third-order valence-electron chi connectivity index (χ3n) is 3.67. The molecule has 0 aliphatic carbocycles. The molecule has 0 spiro atoms. The van der Waals surface area contributed by atoms with Crippen molar-refractivity contribution in [3.05, 3.63) is 35.4 Å². The third kappa shape index (κ3) is 4.46. The normalized spacial score (nSPS) is 18.9. The van der Waals surface area contributed by atoms with E-state index in [0.29, 0.717) is 5.92 Å². The molecule has 1 N–H and O–H groups in total. The number of hydrogen-bond acceptors (Lipinski definition) is 3. The van der Waals surface area contributed by atoms with Gasteiger partial charge < -0.3 is 15.0 Å². The maximum Gasteiger partial charge on any atom is 0.410 e. The summed E-state index contributed by atoms with van der Waals surface area (Å²) in [4.78, 5) is 13.9. The molecule has 1 atom stereocenters. The summed E-state index contributed by atoms with van der Waals surface area (Å²) in [5.74, 6) is 0.418. The van der Waals surface area contributed by atoms with Gasteiger partial charge in [0.15, 0.2) is 0 Å². The fraction of sp³-hybridized carbons (Fsp3) is 0.588. The molecule has 0 saturated carbocycles. The van der Waals surface area contributed by atoms with Gasteiger partial charge in [-0.15, -0.1) is 0 Å². The zero-order valence-electron chi connectivity index (χ0n) is 13.5. The zero-order valence-corrected chi connectivity index (χ0v) is 13.5. The van der Waals surface area contributed by atoms with Crippen LogP contribution in [0.3, 0.4) is 0 Å². The molecule has 4 nitrogen and oxygen atoms in total. The van der Waals surface area contributed by atoms with Gasteiger partial charge in [0, 0.05) is 25.6 Å². The standard InChI is InChI=1S/C17H26N2O2/c1-17(2,3)21-16(20)19-10-9-15(12-19)14-7-5-13(6-8-14)11-18-4/h5-8,15,18H,9-12H2,1-4H3. The number of ether oxygens (including phenoxy) is 1. The molecule has 21 heavy (non-hydrogen) atoms. The van der Waals surface area contributed by atoms with Crippen LogP contribution >= 0.6 is 0 Å². The lowest BCUT2D eigenvalue weighted by Crippen LogP contribution is -2.35. The molecule has 116 valence electrons. The van der Waals surface area contributed by atoms with Gasteiger partial charge in [-0.05, 0) is 45.4 Å². The summed E-state index contributed by atoms with van der Waals surface area (Å²) in [6.07, 6.45) is 0.807. The Hall–Kier alpha value is -1.55. The molecule has 1 saturated heterocycles. The highest BCUT2D eigenvalue weighted by molar-refractivity contribution is 5.68. The smallest absolute Gasteiger partial charge is 0.410 e. The Morgan fingerprint density at radius 1 is 1.33 bits per heavy atom. The third-order valence-corrected chi connectivity index (χ3v) is 3.67. The molecule has 0 aromatic heterocycles. The molecule has 1 amide bonds. The van der Waals surface area contributed by atoms with E-state index in [1.165, 1.54) is 11.1 Å². The van der Waals surface area contributed by atoms with Crippen molar-refractivity contribution in [3.8, 4) is 0 Å². The van der Waals surface area contributed by atoms with Gasteiger partial charge in [-0.25, -0.2) is 4.79 Å². The van der Waals surface area contributed by atoms with E-state index in [9.17, 15) is 4.79 Å². The second kappa shape index (κ2) is 6.48. The molecule has 4 heteroatoms. The molecule has 1 unspecified atom stereocenters. The van der Waals surface area contributed by atoms with Crippen molar-refractivity contribution in [3.63, 3.8) is 0 Å². The highest BCUT2D eigenvalue weighted by Crippen LogP contribution is 2.28. The minimum absolute atomic E-state index is 0.197. The van der Waals surface area contributed by atoms with Crippen LogP contribution < -0.4 is 5.32 Å². The maximum absolute atomic E-state index is 12.1. The molecule has 2 rings (SSSR count). The first-order valence-electron chi connectivity index (χ1n) is 7.60. The summed E-state index contributed by atoms with van der Waals surface area (Å²) in [5, 5.41) is 3.15. The van der Waals surface area contributed by atoms with Crippen LogP contribution in [0.5, 0.6) is 0 Å². The predicted octanol–water partition coefficient (Wildman–Crippen LogP) is 3.13. The summed E-state index contributed by atoms with van der Waals surface area (Å²) in [5.41, 5.74) is 2.16. The quantitative estimate of drug-likeness (QED) is 0.930. The van der Waals surface area contributed by atoms with Gasteiger partial charge in [0.2, 0.25) is 0 Å². The number of amides is 1. The number of rotatable bonds is 3. The molecule has 0 bridgehead atoms. The Bertz CT molecular complexity index is 477. The highest BCUT2D eigenvalue weighted by Gasteiger charge is 2.30. The fourth-order valence-corrected chi connectivity index (χ4v) is 2.64. The van der Waals surface area contributed by atoms with Crippen LogP contribution in [0.1, 0.15) is 44.2 Å². The average molecular weight is 290 g/mol. The Kier molecular flexibility index (Phi) is 4.88. The second-order valence-corrected chi connectivity index (χ2v) is 6.68. The van der Waals surface area contributed by atoms with Crippen molar-refractivity contribution in [2.24, 2.45) is 0 Å². The fourth-order valence-electron chi connectivity index (χ4n) is 2.64. The SMILES string of the molecule is CNCc1ccc(C2CCN(C(=O)OC(C)(C)C)C2)cc1. The molecular formula is C17H26N2O2. The van der Waals surface area contributed by atoms with Crippen molar-refractivity contribution < 1.29 is 9.53 Å². The van der Waals surface area contributed by atoms with E-state index in [1.54, 1.807) is 0 Å². The number of benzene rings is 1. The van der Waals surface area contributed by atoms with Crippen molar-refractivity contribution in [1.82, 2.24) is 10.2 Å². The van der Waals surface area contributed by atoms with Crippen LogP contribution in [-0.2, 0) is 11.3 Å². The van der Waals surface area contributed by atoms with Crippen LogP contribution in [0.2, 0.25) is 0 Å². The van der Waals surface area contributed by atoms with Crippen LogP contribution in [0.15, 0.2) is 24.3 Å². The molecular weight excluding hydrogens is 264 g/mol. The van der Waals surface area contributed by atoms with Crippen LogP contribution in [0.4, 0.5) is 4.79 Å². The lowest BCUT2D eigenvalue weighted by molar-refractivity contribution is 0.0292. The summed E-state index contributed by atoms with van der Waals surface area (Å²) in [6.45, 7) is 8.12. The first kappa shape index (κ1) is 15.8. The molecule has 1 fully saturated rings. The number of nitrogens with one attached hydrogen (secondary N) is 1. The largest absolute Gasteiger partial charge is 0.444 e. The van der Waals surface area contributed by atoms with Gasteiger partial charge in [-0.3, -0.25) is 0 Å². The summed E-state index contributed by atoms with van der Waals surface area (Å²) >= 11 is 0. The van der Waals surface area contributed by atoms with Crippen LogP contribution in [0.25, 0.3) is 0 Å². The number of likely N-dealkylation sites (tertiary alicyclic amines) is 1. The van der Waals surface area contributed by atoms with Crippen molar-refractivity contribution in [2.75, 3.05) is 20.1 Å². The number of nitrogens with zero attached hydrogens (tertiary/aromatic N) is 1. The van der Waals surface area contributed by atoms with Crippen LogP contribution in [-0.4, -0.2) is 36.7 Å². The van der Waals surface area contributed by atoms with Crippen molar-refractivity contribution >= 4 is 6.09 Å². The molecule has 1 aromatic carbocycles. The Morgan fingerprint density at radius 2 is 2.00 bits per heavy atom. The lowest BCUT2D eigenvalue weighted by Gasteiger charge is -2.24. The lowest BCUT2D eigenvalue weighted by atomic mass is 9.97. The first-order valence-corrected chi connectivity index (χ1v) is 7.60. The second-order valence-electron chi connectivity index (χ2n) is 6.68. The van der Waals surface area contributed by atoms with Gasteiger partial charge in [-0.1, -0.05) is 24.3 Å². The van der Waals surface area contributed by atoms with E-state index in [0.717, 1.165) is 26.1 Å². The minimum atomic E-state index is -0.427. The van der Waals surface area contributed by atoms with Gasteiger partial charge in [-0.2, -0.15) is 0 Å². The van der Waals surface area contributed by atoms with E-state index in [1.807, 2.05) is 32.7 Å². The van der Waals surface area contributed by atoms with Gasteiger partial charge in [0.1, 0.15) is 5.60 Å². The molecule has 1 aliphatic rings. The summed E-state index contributed by atoms with van der Waals surface area (Å²) in [7, 11) is 1.95. The van der Waals surface area contributed by atoms with E-state index >= 15 is 0 Å². The monoisotopic (exact) mass is 290 g/mol. The number of carbonyl (C=O) groups excluding carboxylic acids is 1. The number of carbonyl (C=O) groups is 1. The molecule has 1 aromatic rings.